The monoisotopic (exact) mass is 414 g/mol. The van der Waals surface area contributed by atoms with Gasteiger partial charge in [0.05, 0.1) is 17.6 Å². The number of nitrogens with zero attached hydrogens (tertiary/aromatic N) is 2. The van der Waals surface area contributed by atoms with E-state index in [1.54, 1.807) is 46.6 Å². The zero-order valence-electron chi connectivity index (χ0n) is 16.8. The van der Waals surface area contributed by atoms with E-state index < -0.39 is 10.0 Å². The molecule has 4 rings (SSSR count). The molecule has 1 fully saturated rings. The van der Waals surface area contributed by atoms with Gasteiger partial charge in [0.25, 0.3) is 5.91 Å². The van der Waals surface area contributed by atoms with Crippen LogP contribution in [-0.2, 0) is 16.4 Å². The Morgan fingerprint density at radius 2 is 1.79 bits per heavy atom. The summed E-state index contributed by atoms with van der Waals surface area (Å²) in [4.78, 5) is 15.3. The summed E-state index contributed by atoms with van der Waals surface area (Å²) in [6.45, 7) is 3.13. The number of rotatable bonds is 4. The van der Waals surface area contributed by atoms with Crippen LogP contribution in [0.2, 0.25) is 0 Å². The Morgan fingerprint density at radius 3 is 2.52 bits per heavy atom. The van der Waals surface area contributed by atoms with Gasteiger partial charge in [0.1, 0.15) is 5.75 Å². The molecule has 2 aliphatic heterocycles. The van der Waals surface area contributed by atoms with Crippen LogP contribution in [-0.4, -0.2) is 44.9 Å². The van der Waals surface area contributed by atoms with Crippen LogP contribution in [0.4, 0.5) is 5.69 Å². The van der Waals surface area contributed by atoms with Crippen molar-refractivity contribution in [1.29, 1.82) is 0 Å². The molecule has 0 spiro atoms. The van der Waals surface area contributed by atoms with Gasteiger partial charge in [-0.05, 0) is 62.1 Å². The van der Waals surface area contributed by atoms with E-state index in [0.717, 1.165) is 30.5 Å². The van der Waals surface area contributed by atoms with Crippen molar-refractivity contribution in [1.82, 2.24) is 4.31 Å². The number of carbonyl (C=O) groups is 1. The minimum atomic E-state index is -3.49. The summed E-state index contributed by atoms with van der Waals surface area (Å²) >= 11 is 0. The molecule has 2 aromatic carbocycles. The van der Waals surface area contributed by atoms with E-state index in [4.69, 9.17) is 4.74 Å². The van der Waals surface area contributed by atoms with Crippen molar-refractivity contribution < 1.29 is 17.9 Å². The van der Waals surface area contributed by atoms with Crippen LogP contribution in [0.3, 0.4) is 0 Å². The highest BCUT2D eigenvalue weighted by Gasteiger charge is 2.34. The molecule has 0 N–H and O–H groups in total. The number of carbonyl (C=O) groups excluding carboxylic acids is 1. The van der Waals surface area contributed by atoms with Gasteiger partial charge in [-0.3, -0.25) is 4.79 Å². The third kappa shape index (κ3) is 3.53. The Balaban J connectivity index is 1.67. The minimum absolute atomic E-state index is 0.0599. The molecule has 29 heavy (non-hydrogen) atoms. The van der Waals surface area contributed by atoms with E-state index >= 15 is 0 Å². The second-order valence-corrected chi connectivity index (χ2v) is 9.62. The number of ether oxygens (including phenoxy) is 1. The van der Waals surface area contributed by atoms with E-state index in [1.165, 1.54) is 0 Å². The van der Waals surface area contributed by atoms with E-state index in [0.29, 0.717) is 35.7 Å². The van der Waals surface area contributed by atoms with Crippen molar-refractivity contribution in [3.05, 3.63) is 53.6 Å². The summed E-state index contributed by atoms with van der Waals surface area (Å²) in [7, 11) is -1.94. The fraction of sp³-hybridized carbons (Fsp3) is 0.409. The molecule has 1 saturated heterocycles. The lowest BCUT2D eigenvalue weighted by Gasteiger charge is -2.26. The van der Waals surface area contributed by atoms with E-state index in [9.17, 15) is 13.2 Å². The number of para-hydroxylation sites is 1. The molecular formula is C22H26N2O4S. The van der Waals surface area contributed by atoms with Gasteiger partial charge in [-0.15, -0.1) is 0 Å². The molecule has 0 radical (unpaired) electrons. The molecule has 1 amide bonds. The molecule has 2 heterocycles. The number of amides is 1. The summed E-state index contributed by atoms with van der Waals surface area (Å²) in [6.07, 6.45) is 3.51. The standard InChI is InChI=1S/C22H26N2O4S/c1-16-14-17-15-18(29(26,27)23-12-6-3-7-13-23)10-11-20(17)24(16)22(25)19-8-4-5-9-21(19)28-2/h4-5,8-11,15-16H,3,6-7,12-14H2,1-2H3/t16-/m1/s1. The number of hydrogen-bond donors (Lipinski definition) is 0. The summed E-state index contributed by atoms with van der Waals surface area (Å²) < 4.78 is 33.0. The largest absolute Gasteiger partial charge is 0.496 e. The smallest absolute Gasteiger partial charge is 0.262 e. The van der Waals surface area contributed by atoms with Crippen molar-refractivity contribution in [2.75, 3.05) is 25.1 Å². The number of piperidine rings is 1. The number of methoxy groups -OCH3 is 1. The second kappa shape index (κ2) is 7.80. The predicted octanol–water partition coefficient (Wildman–Crippen LogP) is 3.46. The van der Waals surface area contributed by atoms with Crippen molar-refractivity contribution in [3.63, 3.8) is 0 Å². The van der Waals surface area contributed by atoms with E-state index in [2.05, 4.69) is 0 Å². The van der Waals surface area contributed by atoms with Crippen LogP contribution >= 0.6 is 0 Å². The summed E-state index contributed by atoms with van der Waals surface area (Å²) in [5.41, 5.74) is 2.16. The first-order chi connectivity index (χ1) is 13.9. The molecule has 0 aliphatic carbocycles. The van der Waals surface area contributed by atoms with Crippen molar-refractivity contribution in [2.45, 2.75) is 43.5 Å². The molecule has 1 atom stereocenters. The zero-order chi connectivity index (χ0) is 20.6. The number of hydrogen-bond acceptors (Lipinski definition) is 4. The highest BCUT2D eigenvalue weighted by atomic mass is 32.2. The Bertz CT molecular complexity index is 1030. The third-order valence-corrected chi connectivity index (χ3v) is 7.67. The Hall–Kier alpha value is -2.38. The number of anilines is 1. The average molecular weight is 415 g/mol. The molecule has 0 bridgehead atoms. The van der Waals surface area contributed by atoms with Crippen LogP contribution in [0, 0.1) is 0 Å². The summed E-state index contributed by atoms with van der Waals surface area (Å²) in [5, 5.41) is 0. The molecule has 6 nitrogen and oxygen atoms in total. The Labute approximate surface area is 172 Å². The summed E-state index contributed by atoms with van der Waals surface area (Å²) in [6, 6.07) is 12.2. The van der Waals surface area contributed by atoms with Crippen LogP contribution < -0.4 is 9.64 Å². The first-order valence-electron chi connectivity index (χ1n) is 10.0. The lowest BCUT2D eigenvalue weighted by Crippen LogP contribution is -2.36. The van der Waals surface area contributed by atoms with Crippen molar-refractivity contribution in [2.24, 2.45) is 0 Å². The molecular weight excluding hydrogens is 388 g/mol. The lowest BCUT2D eigenvalue weighted by atomic mass is 10.1. The van der Waals surface area contributed by atoms with Gasteiger partial charge < -0.3 is 9.64 Å². The zero-order valence-corrected chi connectivity index (χ0v) is 17.6. The Kier molecular flexibility index (Phi) is 5.36. The fourth-order valence-corrected chi connectivity index (χ4v) is 5.85. The number of benzene rings is 2. The molecule has 7 heteroatoms. The number of fused-ring (bicyclic) bond motifs is 1. The fourth-order valence-electron chi connectivity index (χ4n) is 4.28. The van der Waals surface area contributed by atoms with E-state index in [1.807, 2.05) is 19.1 Å². The van der Waals surface area contributed by atoms with Crippen LogP contribution in [0.25, 0.3) is 0 Å². The van der Waals surface area contributed by atoms with Gasteiger partial charge in [-0.25, -0.2) is 8.42 Å². The Morgan fingerprint density at radius 1 is 1.07 bits per heavy atom. The van der Waals surface area contributed by atoms with Crippen molar-refractivity contribution >= 4 is 21.6 Å². The second-order valence-electron chi connectivity index (χ2n) is 7.68. The van der Waals surface area contributed by atoms with Gasteiger partial charge in [-0.1, -0.05) is 18.6 Å². The maximum Gasteiger partial charge on any atom is 0.262 e. The first-order valence-corrected chi connectivity index (χ1v) is 11.5. The van der Waals surface area contributed by atoms with Gasteiger partial charge in [0.15, 0.2) is 0 Å². The van der Waals surface area contributed by atoms with Crippen LogP contribution in [0.1, 0.15) is 42.1 Å². The van der Waals surface area contributed by atoms with Gasteiger partial charge in [0, 0.05) is 24.8 Å². The highest BCUT2D eigenvalue weighted by Crippen LogP contribution is 2.36. The average Bonchev–Trinajstić information content (AvgIpc) is 3.08. The van der Waals surface area contributed by atoms with Crippen molar-refractivity contribution in [3.8, 4) is 5.75 Å². The molecule has 2 aromatic rings. The maximum absolute atomic E-state index is 13.2. The quantitative estimate of drug-likeness (QED) is 0.768. The van der Waals surface area contributed by atoms with Gasteiger partial charge >= 0.3 is 0 Å². The third-order valence-electron chi connectivity index (χ3n) is 5.78. The maximum atomic E-state index is 13.2. The first kappa shape index (κ1) is 19.9. The van der Waals surface area contributed by atoms with Gasteiger partial charge in [0.2, 0.25) is 10.0 Å². The lowest BCUT2D eigenvalue weighted by molar-refractivity contribution is 0.0978. The van der Waals surface area contributed by atoms with Crippen LogP contribution in [0.15, 0.2) is 47.4 Å². The molecule has 154 valence electrons. The van der Waals surface area contributed by atoms with Gasteiger partial charge in [-0.2, -0.15) is 4.31 Å². The minimum Gasteiger partial charge on any atom is -0.496 e. The normalized spacial score (nSPS) is 19.8. The summed E-state index contributed by atoms with van der Waals surface area (Å²) in [5.74, 6) is 0.391. The SMILES string of the molecule is COc1ccccc1C(=O)N1c2ccc(S(=O)(=O)N3CCCCC3)cc2C[C@H]1C. The molecule has 0 saturated carbocycles. The highest BCUT2D eigenvalue weighted by molar-refractivity contribution is 7.89. The van der Waals surface area contributed by atoms with E-state index in [-0.39, 0.29) is 11.9 Å². The predicted molar refractivity (Wildman–Crippen MR) is 112 cm³/mol. The molecule has 2 aliphatic rings. The molecule has 0 aromatic heterocycles. The number of sulfonamides is 1. The van der Waals surface area contributed by atoms with Crippen LogP contribution in [0.5, 0.6) is 5.75 Å². The molecule has 0 unspecified atom stereocenters. The topological polar surface area (TPSA) is 66.9 Å².